The minimum atomic E-state index is 0.0630. The van der Waals surface area contributed by atoms with Gasteiger partial charge < -0.3 is 10.2 Å². The lowest BCUT2D eigenvalue weighted by molar-refractivity contribution is -0.119. The number of para-hydroxylation sites is 1. The summed E-state index contributed by atoms with van der Waals surface area (Å²) in [6.45, 7) is 3.32. The van der Waals surface area contributed by atoms with Crippen molar-refractivity contribution in [1.82, 2.24) is 20.0 Å². The van der Waals surface area contributed by atoms with Gasteiger partial charge in [-0.3, -0.25) is 9.59 Å². The standard InChI is InChI=1S/C20H20N4O2S/c1-12-15-10-17(27-20(15)24(22-12)14-5-3-2-4-6-14)19(26)23-8-7-16-13(11-23)9-18(25)21-16/h2-6,10,13,16H,7-9,11H2,1H3,(H,21,25)/t13-,16+/m1/s1. The summed E-state index contributed by atoms with van der Waals surface area (Å²) in [6.07, 6.45) is 1.37. The van der Waals surface area contributed by atoms with Gasteiger partial charge in [0.25, 0.3) is 5.91 Å². The predicted octanol–water partition coefficient (Wildman–Crippen LogP) is 2.75. The van der Waals surface area contributed by atoms with Crippen molar-refractivity contribution in [2.24, 2.45) is 5.92 Å². The Hall–Kier alpha value is -2.67. The zero-order valence-corrected chi connectivity index (χ0v) is 15.8. The van der Waals surface area contributed by atoms with E-state index in [1.807, 2.05) is 52.9 Å². The molecular formula is C20H20N4O2S. The van der Waals surface area contributed by atoms with Crippen LogP contribution in [0.3, 0.4) is 0 Å². The number of thiophene rings is 1. The Kier molecular flexibility index (Phi) is 3.79. The Labute approximate surface area is 160 Å². The molecule has 2 aromatic heterocycles. The molecule has 0 unspecified atom stereocenters. The van der Waals surface area contributed by atoms with Crippen LogP contribution in [0.15, 0.2) is 36.4 Å². The molecule has 27 heavy (non-hydrogen) atoms. The number of nitrogens with one attached hydrogen (secondary N) is 1. The molecule has 1 aromatic carbocycles. The average Bonchev–Trinajstić information content (AvgIpc) is 3.35. The van der Waals surface area contributed by atoms with E-state index in [0.717, 1.165) is 32.9 Å². The highest BCUT2D eigenvalue weighted by Gasteiger charge is 2.38. The van der Waals surface area contributed by atoms with Crippen molar-refractivity contribution in [2.75, 3.05) is 13.1 Å². The van der Waals surface area contributed by atoms with Crippen LogP contribution in [0, 0.1) is 12.8 Å². The fourth-order valence-electron chi connectivity index (χ4n) is 4.17. The third kappa shape index (κ3) is 2.73. The molecule has 0 saturated carbocycles. The number of hydrogen-bond donors (Lipinski definition) is 1. The van der Waals surface area contributed by atoms with E-state index in [1.165, 1.54) is 11.3 Å². The van der Waals surface area contributed by atoms with Gasteiger partial charge in [0.1, 0.15) is 4.83 Å². The number of carbonyl (C=O) groups excluding carboxylic acids is 2. The Bertz CT molecular complexity index is 1040. The molecule has 0 bridgehead atoms. The van der Waals surface area contributed by atoms with Gasteiger partial charge >= 0.3 is 0 Å². The van der Waals surface area contributed by atoms with Crippen molar-refractivity contribution in [3.05, 3.63) is 47.0 Å². The molecule has 2 aliphatic rings. The van der Waals surface area contributed by atoms with Crippen molar-refractivity contribution >= 4 is 33.4 Å². The number of likely N-dealkylation sites (tertiary alicyclic amines) is 1. The molecule has 6 nitrogen and oxygen atoms in total. The van der Waals surface area contributed by atoms with E-state index >= 15 is 0 Å². The molecule has 1 N–H and O–H groups in total. The fourth-order valence-corrected chi connectivity index (χ4v) is 5.32. The van der Waals surface area contributed by atoms with Crippen LogP contribution in [0.25, 0.3) is 15.9 Å². The molecule has 0 spiro atoms. The quantitative estimate of drug-likeness (QED) is 0.743. The highest BCUT2D eigenvalue weighted by Crippen LogP contribution is 2.32. The lowest BCUT2D eigenvalue weighted by Crippen LogP contribution is -2.46. The van der Waals surface area contributed by atoms with Gasteiger partial charge in [-0.15, -0.1) is 11.3 Å². The van der Waals surface area contributed by atoms with Crippen LogP contribution in [-0.4, -0.2) is 45.6 Å². The summed E-state index contributed by atoms with van der Waals surface area (Å²) >= 11 is 1.49. The first-order valence-electron chi connectivity index (χ1n) is 9.23. The van der Waals surface area contributed by atoms with E-state index in [2.05, 4.69) is 10.4 Å². The second kappa shape index (κ2) is 6.20. The summed E-state index contributed by atoms with van der Waals surface area (Å²) in [6, 6.07) is 12.2. The first-order valence-corrected chi connectivity index (χ1v) is 10.0. The Morgan fingerprint density at radius 2 is 2.11 bits per heavy atom. The molecule has 4 heterocycles. The summed E-state index contributed by atoms with van der Waals surface area (Å²) in [7, 11) is 0. The SMILES string of the molecule is Cc1nn(-c2ccccc2)c2sc(C(=O)N3CC[C@@H]4NC(=O)C[C@@H]4C3)cc12. The molecular weight excluding hydrogens is 360 g/mol. The second-order valence-electron chi connectivity index (χ2n) is 7.34. The molecule has 2 atom stereocenters. The third-order valence-electron chi connectivity index (χ3n) is 5.57. The Balaban J connectivity index is 1.45. The zero-order chi connectivity index (χ0) is 18.5. The maximum Gasteiger partial charge on any atom is 0.264 e. The van der Waals surface area contributed by atoms with Gasteiger partial charge in [-0.05, 0) is 31.5 Å². The van der Waals surface area contributed by atoms with Crippen molar-refractivity contribution < 1.29 is 9.59 Å². The smallest absolute Gasteiger partial charge is 0.264 e. The third-order valence-corrected chi connectivity index (χ3v) is 6.67. The fraction of sp³-hybridized carbons (Fsp3) is 0.350. The van der Waals surface area contributed by atoms with Crippen LogP contribution in [0.1, 0.15) is 28.2 Å². The molecule has 0 radical (unpaired) electrons. The molecule has 0 aliphatic carbocycles. The van der Waals surface area contributed by atoms with Crippen molar-refractivity contribution in [3.63, 3.8) is 0 Å². The predicted molar refractivity (Wildman–Crippen MR) is 104 cm³/mol. The maximum atomic E-state index is 13.1. The van der Waals surface area contributed by atoms with Crippen LogP contribution >= 0.6 is 11.3 Å². The number of piperidine rings is 1. The first kappa shape index (κ1) is 16.5. The maximum absolute atomic E-state index is 13.1. The van der Waals surface area contributed by atoms with Gasteiger partial charge in [0.15, 0.2) is 0 Å². The lowest BCUT2D eigenvalue weighted by atomic mass is 9.93. The Morgan fingerprint density at radius 1 is 1.30 bits per heavy atom. The second-order valence-corrected chi connectivity index (χ2v) is 8.37. The van der Waals surface area contributed by atoms with Gasteiger partial charge in [-0.1, -0.05) is 18.2 Å². The molecule has 2 amide bonds. The van der Waals surface area contributed by atoms with Crippen LogP contribution in [0.5, 0.6) is 0 Å². The van der Waals surface area contributed by atoms with E-state index in [0.29, 0.717) is 19.5 Å². The number of nitrogens with zero attached hydrogens (tertiary/aromatic N) is 3. The molecule has 2 aliphatic heterocycles. The number of amides is 2. The highest BCUT2D eigenvalue weighted by atomic mass is 32.1. The number of rotatable bonds is 2. The van der Waals surface area contributed by atoms with Crippen molar-refractivity contribution in [3.8, 4) is 5.69 Å². The number of carbonyl (C=O) groups is 2. The van der Waals surface area contributed by atoms with E-state index in [1.54, 1.807) is 0 Å². The summed E-state index contributed by atoms with van der Waals surface area (Å²) < 4.78 is 1.91. The molecule has 7 heteroatoms. The number of benzene rings is 1. The van der Waals surface area contributed by atoms with Gasteiger partial charge in [-0.2, -0.15) is 5.10 Å². The highest BCUT2D eigenvalue weighted by molar-refractivity contribution is 7.20. The van der Waals surface area contributed by atoms with Gasteiger partial charge in [-0.25, -0.2) is 4.68 Å². The summed E-state index contributed by atoms with van der Waals surface area (Å²) in [5, 5.41) is 8.69. The minimum Gasteiger partial charge on any atom is -0.353 e. The van der Waals surface area contributed by atoms with Crippen molar-refractivity contribution in [1.29, 1.82) is 0 Å². The van der Waals surface area contributed by atoms with Gasteiger partial charge in [0, 0.05) is 36.9 Å². The first-order chi connectivity index (χ1) is 13.1. The Morgan fingerprint density at radius 3 is 2.93 bits per heavy atom. The van der Waals surface area contributed by atoms with Gasteiger partial charge in [0.2, 0.25) is 5.91 Å². The normalized spacial score (nSPS) is 22.1. The minimum absolute atomic E-state index is 0.0630. The van der Waals surface area contributed by atoms with E-state index in [-0.39, 0.29) is 23.8 Å². The van der Waals surface area contributed by atoms with Crippen LogP contribution < -0.4 is 5.32 Å². The van der Waals surface area contributed by atoms with E-state index in [4.69, 9.17) is 0 Å². The van der Waals surface area contributed by atoms with E-state index < -0.39 is 0 Å². The zero-order valence-electron chi connectivity index (χ0n) is 15.0. The van der Waals surface area contributed by atoms with Gasteiger partial charge in [0.05, 0.1) is 16.3 Å². The molecule has 138 valence electrons. The van der Waals surface area contributed by atoms with Crippen LogP contribution in [-0.2, 0) is 4.79 Å². The number of aryl methyl sites for hydroxylation is 1. The largest absolute Gasteiger partial charge is 0.353 e. The summed E-state index contributed by atoms with van der Waals surface area (Å²) in [5.74, 6) is 0.416. The number of fused-ring (bicyclic) bond motifs is 2. The summed E-state index contributed by atoms with van der Waals surface area (Å²) in [5.41, 5.74) is 1.92. The van der Waals surface area contributed by atoms with E-state index in [9.17, 15) is 9.59 Å². The summed E-state index contributed by atoms with van der Waals surface area (Å²) in [4.78, 5) is 28.4. The molecule has 2 fully saturated rings. The molecule has 5 rings (SSSR count). The van der Waals surface area contributed by atoms with Crippen LogP contribution in [0.4, 0.5) is 0 Å². The van der Waals surface area contributed by atoms with Crippen LogP contribution in [0.2, 0.25) is 0 Å². The molecule has 2 saturated heterocycles. The number of hydrogen-bond acceptors (Lipinski definition) is 4. The number of aromatic nitrogens is 2. The lowest BCUT2D eigenvalue weighted by Gasteiger charge is -2.34. The monoisotopic (exact) mass is 380 g/mol. The average molecular weight is 380 g/mol. The topological polar surface area (TPSA) is 67.2 Å². The molecule has 3 aromatic rings. The van der Waals surface area contributed by atoms with Crippen molar-refractivity contribution in [2.45, 2.75) is 25.8 Å².